The minimum Gasteiger partial charge on any atom is -0.481 e. The Morgan fingerprint density at radius 1 is 1.59 bits per heavy atom. The van der Waals surface area contributed by atoms with E-state index in [1.807, 2.05) is 18.2 Å². The van der Waals surface area contributed by atoms with Crippen molar-refractivity contribution >= 4 is 5.97 Å². The van der Waals surface area contributed by atoms with Crippen LogP contribution in [0.25, 0.3) is 0 Å². The molecule has 1 aliphatic rings. The van der Waals surface area contributed by atoms with Gasteiger partial charge in [-0.1, -0.05) is 24.3 Å². The molecule has 3 N–H and O–H groups in total. The fourth-order valence-electron chi connectivity index (χ4n) is 2.14. The Bertz CT molecular complexity index is 426. The van der Waals surface area contributed by atoms with E-state index in [0.717, 1.165) is 24.0 Å². The Morgan fingerprint density at radius 2 is 2.29 bits per heavy atom. The van der Waals surface area contributed by atoms with Crippen molar-refractivity contribution in [3.05, 3.63) is 35.4 Å². The van der Waals surface area contributed by atoms with Gasteiger partial charge in [-0.2, -0.15) is 0 Å². The van der Waals surface area contributed by atoms with Crippen LogP contribution in [0.1, 0.15) is 29.9 Å². The van der Waals surface area contributed by atoms with Gasteiger partial charge in [-0.25, -0.2) is 0 Å². The maximum Gasteiger partial charge on any atom is 0.312 e. The molecule has 1 atom stereocenters. The van der Waals surface area contributed by atoms with Gasteiger partial charge in [0.2, 0.25) is 0 Å². The van der Waals surface area contributed by atoms with E-state index in [9.17, 15) is 4.79 Å². The zero-order valence-electron chi connectivity index (χ0n) is 9.85. The molecular formula is C13H17NO3. The van der Waals surface area contributed by atoms with Gasteiger partial charge in [-0.15, -0.1) is 0 Å². The van der Waals surface area contributed by atoms with Gasteiger partial charge in [0.25, 0.3) is 0 Å². The standard InChI is InChI=1S/C13H17NO3/c1-17-13(5-6-13)10-4-2-3-9(7-10)11(8-14)12(15)16/h2-4,7,11H,5-6,8,14H2,1H3,(H,15,16). The summed E-state index contributed by atoms with van der Waals surface area (Å²) in [6.45, 7) is 0.110. The summed E-state index contributed by atoms with van der Waals surface area (Å²) in [4.78, 5) is 11.1. The third kappa shape index (κ3) is 2.18. The average molecular weight is 235 g/mol. The summed E-state index contributed by atoms with van der Waals surface area (Å²) in [6, 6.07) is 7.56. The predicted octanol–water partition coefficient (Wildman–Crippen LogP) is 1.45. The highest BCUT2D eigenvalue weighted by molar-refractivity contribution is 5.76. The summed E-state index contributed by atoms with van der Waals surface area (Å²) in [6.07, 6.45) is 1.99. The lowest BCUT2D eigenvalue weighted by molar-refractivity contribution is -0.138. The number of hydrogen-bond donors (Lipinski definition) is 2. The summed E-state index contributed by atoms with van der Waals surface area (Å²) in [7, 11) is 1.69. The normalized spacial score (nSPS) is 18.7. The number of ether oxygens (including phenoxy) is 1. The van der Waals surface area contributed by atoms with Gasteiger partial charge in [0.05, 0.1) is 11.5 Å². The molecule has 1 aliphatic carbocycles. The lowest BCUT2D eigenvalue weighted by Gasteiger charge is -2.17. The van der Waals surface area contributed by atoms with Crippen molar-refractivity contribution in [2.75, 3.05) is 13.7 Å². The molecule has 0 heterocycles. The van der Waals surface area contributed by atoms with Crippen LogP contribution in [0.2, 0.25) is 0 Å². The lowest BCUT2D eigenvalue weighted by Crippen LogP contribution is -2.21. The zero-order chi connectivity index (χ0) is 12.5. The molecule has 1 saturated carbocycles. The van der Waals surface area contributed by atoms with E-state index in [2.05, 4.69) is 0 Å². The van der Waals surface area contributed by atoms with Crippen molar-refractivity contribution < 1.29 is 14.6 Å². The first-order valence-corrected chi connectivity index (χ1v) is 5.71. The first-order valence-electron chi connectivity index (χ1n) is 5.71. The topological polar surface area (TPSA) is 72.5 Å². The summed E-state index contributed by atoms with van der Waals surface area (Å²) in [5, 5.41) is 9.08. The molecule has 2 rings (SSSR count). The van der Waals surface area contributed by atoms with Crippen LogP contribution in [0.5, 0.6) is 0 Å². The first kappa shape index (κ1) is 12.1. The Balaban J connectivity index is 2.31. The summed E-state index contributed by atoms with van der Waals surface area (Å²) >= 11 is 0. The van der Waals surface area contributed by atoms with Crippen molar-refractivity contribution in [3.8, 4) is 0 Å². The maximum absolute atomic E-state index is 11.1. The fraction of sp³-hybridized carbons (Fsp3) is 0.462. The second kappa shape index (κ2) is 4.47. The highest BCUT2D eigenvalue weighted by Crippen LogP contribution is 2.48. The van der Waals surface area contributed by atoms with Gasteiger partial charge < -0.3 is 15.6 Å². The fourth-order valence-corrected chi connectivity index (χ4v) is 2.14. The molecule has 0 aromatic heterocycles. The Morgan fingerprint density at radius 3 is 2.76 bits per heavy atom. The van der Waals surface area contributed by atoms with E-state index in [1.54, 1.807) is 13.2 Å². The number of hydrogen-bond acceptors (Lipinski definition) is 3. The molecule has 0 spiro atoms. The summed E-state index contributed by atoms with van der Waals surface area (Å²) < 4.78 is 5.49. The predicted molar refractivity (Wildman–Crippen MR) is 63.8 cm³/mol. The summed E-state index contributed by atoms with van der Waals surface area (Å²) in [5.74, 6) is -1.52. The van der Waals surface area contributed by atoms with Gasteiger partial charge in [0.15, 0.2) is 0 Å². The number of carboxylic acids is 1. The third-order valence-corrected chi connectivity index (χ3v) is 3.44. The second-order valence-corrected chi connectivity index (χ2v) is 4.45. The van der Waals surface area contributed by atoms with Crippen molar-refractivity contribution in [2.24, 2.45) is 5.73 Å². The van der Waals surface area contributed by atoms with Gasteiger partial charge in [-0.3, -0.25) is 4.79 Å². The Hall–Kier alpha value is -1.39. The van der Waals surface area contributed by atoms with Crippen LogP contribution in [0.4, 0.5) is 0 Å². The molecule has 1 aromatic rings. The number of carboxylic acid groups (broad SMARTS) is 1. The van der Waals surface area contributed by atoms with Crippen LogP contribution in [-0.4, -0.2) is 24.7 Å². The smallest absolute Gasteiger partial charge is 0.312 e. The van der Waals surface area contributed by atoms with E-state index in [0.29, 0.717) is 0 Å². The zero-order valence-corrected chi connectivity index (χ0v) is 9.85. The molecule has 17 heavy (non-hydrogen) atoms. The molecule has 0 saturated heterocycles. The number of carbonyl (C=O) groups is 1. The van der Waals surface area contributed by atoms with Crippen LogP contribution in [-0.2, 0) is 15.1 Å². The molecule has 4 heteroatoms. The van der Waals surface area contributed by atoms with Gasteiger partial charge >= 0.3 is 5.97 Å². The Labute approximate surface area is 100 Å². The van der Waals surface area contributed by atoms with Gasteiger partial charge in [-0.05, 0) is 24.0 Å². The molecule has 4 nitrogen and oxygen atoms in total. The van der Waals surface area contributed by atoms with E-state index in [-0.39, 0.29) is 12.1 Å². The highest BCUT2D eigenvalue weighted by Gasteiger charge is 2.44. The summed E-state index contributed by atoms with van der Waals surface area (Å²) in [5.41, 5.74) is 7.12. The van der Waals surface area contributed by atoms with Crippen LogP contribution in [0.15, 0.2) is 24.3 Å². The number of nitrogens with two attached hydrogens (primary N) is 1. The second-order valence-electron chi connectivity index (χ2n) is 4.45. The van der Waals surface area contributed by atoms with Crippen molar-refractivity contribution in [2.45, 2.75) is 24.4 Å². The highest BCUT2D eigenvalue weighted by atomic mass is 16.5. The van der Waals surface area contributed by atoms with E-state index in [1.165, 1.54) is 0 Å². The van der Waals surface area contributed by atoms with E-state index >= 15 is 0 Å². The monoisotopic (exact) mass is 235 g/mol. The van der Waals surface area contributed by atoms with Crippen LogP contribution < -0.4 is 5.73 Å². The molecule has 92 valence electrons. The molecule has 0 bridgehead atoms. The Kier molecular flexibility index (Phi) is 3.17. The molecule has 0 aliphatic heterocycles. The van der Waals surface area contributed by atoms with Gasteiger partial charge in [0, 0.05) is 13.7 Å². The molecular weight excluding hydrogens is 218 g/mol. The van der Waals surface area contributed by atoms with E-state index in [4.69, 9.17) is 15.6 Å². The van der Waals surface area contributed by atoms with E-state index < -0.39 is 11.9 Å². The molecule has 1 fully saturated rings. The molecule has 1 aromatic carbocycles. The van der Waals surface area contributed by atoms with Crippen LogP contribution in [0.3, 0.4) is 0 Å². The number of benzene rings is 1. The minimum atomic E-state index is -0.882. The lowest BCUT2D eigenvalue weighted by atomic mass is 9.95. The SMILES string of the molecule is COC1(c2cccc(C(CN)C(=O)O)c2)CC1. The van der Waals surface area contributed by atoms with Crippen molar-refractivity contribution in [1.82, 2.24) is 0 Å². The van der Waals surface area contributed by atoms with Gasteiger partial charge in [0.1, 0.15) is 0 Å². The van der Waals surface area contributed by atoms with Crippen molar-refractivity contribution in [1.29, 1.82) is 0 Å². The van der Waals surface area contributed by atoms with Crippen LogP contribution in [0, 0.1) is 0 Å². The minimum absolute atomic E-state index is 0.110. The van der Waals surface area contributed by atoms with Crippen LogP contribution >= 0.6 is 0 Å². The number of rotatable bonds is 5. The molecule has 0 amide bonds. The maximum atomic E-state index is 11.1. The number of methoxy groups -OCH3 is 1. The number of aliphatic carboxylic acids is 1. The third-order valence-electron chi connectivity index (χ3n) is 3.44. The average Bonchev–Trinajstić information content (AvgIpc) is 3.11. The first-order chi connectivity index (χ1) is 8.13. The molecule has 0 radical (unpaired) electrons. The van der Waals surface area contributed by atoms with Crippen molar-refractivity contribution in [3.63, 3.8) is 0 Å². The largest absolute Gasteiger partial charge is 0.481 e. The quantitative estimate of drug-likeness (QED) is 0.810. The molecule has 1 unspecified atom stereocenters.